The lowest BCUT2D eigenvalue weighted by molar-refractivity contribution is -0.00408. The van der Waals surface area contributed by atoms with Crippen molar-refractivity contribution in [3.8, 4) is 0 Å². The topological polar surface area (TPSA) is 49.7 Å². The van der Waals surface area contributed by atoms with Crippen molar-refractivity contribution in [2.75, 3.05) is 6.61 Å². The second kappa shape index (κ2) is 2.69. The first-order valence-corrected chi connectivity index (χ1v) is 3.18. The Morgan fingerprint density at radius 2 is 2.33 bits per heavy atom. The molecule has 0 bridgehead atoms. The van der Waals surface area contributed by atoms with Gasteiger partial charge in [0.15, 0.2) is 0 Å². The largest absolute Gasteiger partial charge is 0.394 e. The molecule has 0 aromatic rings. The van der Waals surface area contributed by atoms with E-state index in [2.05, 4.69) is 0 Å². The van der Waals surface area contributed by atoms with Gasteiger partial charge in [-0.25, -0.2) is 0 Å². The number of aliphatic hydroxyl groups excluding tert-OH is 2. The Morgan fingerprint density at radius 1 is 1.67 bits per heavy atom. The average Bonchev–Trinajstić information content (AvgIpc) is 2.10. The predicted octanol–water partition coefficient (Wildman–Crippen LogP) is -1.91. The van der Waals surface area contributed by atoms with Gasteiger partial charge in [0, 0.05) is 6.00 Å². The van der Waals surface area contributed by atoms with Gasteiger partial charge in [-0.2, -0.15) is 0 Å². The summed E-state index contributed by atoms with van der Waals surface area (Å²) in [6, 6.07) is 0.0946. The molecule has 1 unspecified atom stereocenters. The number of ether oxygens (including phenoxy) is 1. The molecule has 0 saturated carbocycles. The van der Waals surface area contributed by atoms with Crippen LogP contribution in [0, 0.1) is 0 Å². The first-order chi connectivity index (χ1) is 4.24. The summed E-state index contributed by atoms with van der Waals surface area (Å²) in [5.41, 5.74) is 0. The molecule has 1 aliphatic heterocycles. The van der Waals surface area contributed by atoms with Gasteiger partial charge in [-0.3, -0.25) is 0 Å². The van der Waals surface area contributed by atoms with Crippen molar-refractivity contribution in [1.82, 2.24) is 0 Å². The summed E-state index contributed by atoms with van der Waals surface area (Å²) in [5.74, 6) is 0. The number of rotatable bonds is 1. The zero-order valence-electron chi connectivity index (χ0n) is 5.45. The molecule has 1 aliphatic rings. The van der Waals surface area contributed by atoms with E-state index in [0.29, 0.717) is 6.42 Å². The molecular formula is C5H11BO3. The molecule has 1 rings (SSSR count). The van der Waals surface area contributed by atoms with E-state index in [0.717, 1.165) is 0 Å². The molecule has 0 spiro atoms. The number of aliphatic hydroxyl groups is 2. The Kier molecular flexibility index (Phi) is 2.11. The fraction of sp³-hybridized carbons (Fsp3) is 1.00. The summed E-state index contributed by atoms with van der Waals surface area (Å²) < 4.78 is 5.12. The molecule has 1 heterocycles. The molecule has 2 N–H and O–H groups in total. The zero-order chi connectivity index (χ0) is 6.85. The Hall–Kier alpha value is -0.0551. The van der Waals surface area contributed by atoms with E-state index in [1.165, 1.54) is 0 Å². The highest BCUT2D eigenvalue weighted by molar-refractivity contribution is 6.11. The van der Waals surface area contributed by atoms with E-state index in [-0.39, 0.29) is 18.7 Å². The van der Waals surface area contributed by atoms with Crippen molar-refractivity contribution in [3.63, 3.8) is 0 Å². The smallest absolute Gasteiger partial charge is 0.139 e. The van der Waals surface area contributed by atoms with Crippen LogP contribution >= 0.6 is 0 Å². The highest BCUT2D eigenvalue weighted by Gasteiger charge is 2.29. The summed E-state index contributed by atoms with van der Waals surface area (Å²) in [6.45, 7) is -0.0779. The second-order valence-electron chi connectivity index (χ2n) is 2.47. The summed E-state index contributed by atoms with van der Waals surface area (Å²) >= 11 is 0. The van der Waals surface area contributed by atoms with Crippen LogP contribution in [-0.2, 0) is 4.74 Å². The Labute approximate surface area is 55.0 Å². The molecule has 3 atom stereocenters. The molecule has 0 radical (unpaired) electrons. The van der Waals surface area contributed by atoms with E-state index in [1.54, 1.807) is 0 Å². The fourth-order valence-corrected chi connectivity index (χ4v) is 1.10. The Morgan fingerprint density at radius 3 is 2.56 bits per heavy atom. The van der Waals surface area contributed by atoms with E-state index in [1.807, 2.05) is 7.85 Å². The van der Waals surface area contributed by atoms with Crippen molar-refractivity contribution in [2.24, 2.45) is 0 Å². The molecule has 1 saturated heterocycles. The molecule has 0 aromatic heterocycles. The first kappa shape index (κ1) is 7.06. The predicted molar refractivity (Wildman–Crippen MR) is 34.9 cm³/mol. The fourth-order valence-electron chi connectivity index (χ4n) is 1.10. The third-order valence-electron chi connectivity index (χ3n) is 1.59. The minimum absolute atomic E-state index is 0.0779. The van der Waals surface area contributed by atoms with Crippen LogP contribution in [0.1, 0.15) is 6.42 Å². The summed E-state index contributed by atoms with van der Waals surface area (Å²) in [5, 5.41) is 17.6. The van der Waals surface area contributed by atoms with Crippen LogP contribution in [0.25, 0.3) is 0 Å². The lowest BCUT2D eigenvalue weighted by Gasteiger charge is -2.08. The van der Waals surface area contributed by atoms with Crippen LogP contribution in [0.3, 0.4) is 0 Å². The van der Waals surface area contributed by atoms with Crippen molar-refractivity contribution in [3.05, 3.63) is 0 Å². The van der Waals surface area contributed by atoms with Gasteiger partial charge >= 0.3 is 0 Å². The van der Waals surface area contributed by atoms with Crippen molar-refractivity contribution in [2.45, 2.75) is 24.6 Å². The van der Waals surface area contributed by atoms with Gasteiger partial charge in [0.1, 0.15) is 14.0 Å². The highest BCUT2D eigenvalue weighted by atomic mass is 16.5. The second-order valence-corrected chi connectivity index (χ2v) is 2.47. The first-order valence-electron chi connectivity index (χ1n) is 3.18. The number of hydrogen-bond donors (Lipinski definition) is 2. The maximum atomic E-state index is 9.07. The van der Waals surface area contributed by atoms with Crippen LogP contribution in [0.15, 0.2) is 0 Å². The van der Waals surface area contributed by atoms with Gasteiger partial charge in [-0.1, -0.05) is 0 Å². The van der Waals surface area contributed by atoms with Crippen LogP contribution in [0.2, 0.25) is 0 Å². The summed E-state index contributed by atoms with van der Waals surface area (Å²) in [6.07, 6.45) is -0.171. The Balaban J connectivity index is 2.38. The van der Waals surface area contributed by atoms with Crippen LogP contribution < -0.4 is 0 Å². The van der Waals surface area contributed by atoms with Crippen molar-refractivity contribution >= 4 is 7.85 Å². The molecule has 0 amide bonds. The molecule has 52 valence electrons. The van der Waals surface area contributed by atoms with Crippen LogP contribution in [0.4, 0.5) is 0 Å². The molecular weight excluding hydrogens is 119 g/mol. The van der Waals surface area contributed by atoms with Crippen LogP contribution in [-0.4, -0.2) is 42.9 Å². The molecule has 4 heteroatoms. The van der Waals surface area contributed by atoms with E-state index >= 15 is 0 Å². The molecule has 3 nitrogen and oxygen atoms in total. The van der Waals surface area contributed by atoms with Gasteiger partial charge in [-0.15, -0.1) is 0 Å². The van der Waals surface area contributed by atoms with Crippen molar-refractivity contribution in [1.29, 1.82) is 0 Å². The minimum Gasteiger partial charge on any atom is -0.394 e. The molecule has 9 heavy (non-hydrogen) atoms. The van der Waals surface area contributed by atoms with Crippen molar-refractivity contribution < 1.29 is 14.9 Å². The average molecular weight is 130 g/mol. The lowest BCUT2D eigenvalue weighted by atomic mass is 9.96. The number of hydrogen-bond acceptors (Lipinski definition) is 3. The molecule has 0 aliphatic carbocycles. The maximum Gasteiger partial charge on any atom is 0.139 e. The minimum atomic E-state index is -0.468. The van der Waals surface area contributed by atoms with Crippen LogP contribution in [0.5, 0.6) is 0 Å². The highest BCUT2D eigenvalue weighted by Crippen LogP contribution is 2.17. The zero-order valence-corrected chi connectivity index (χ0v) is 5.45. The van der Waals surface area contributed by atoms with Gasteiger partial charge in [-0.05, 0) is 6.42 Å². The summed E-state index contributed by atoms with van der Waals surface area (Å²) in [4.78, 5) is 0. The van der Waals surface area contributed by atoms with Gasteiger partial charge < -0.3 is 14.9 Å². The SMILES string of the molecule is B[C@H]1CC(O)[C@@H](CO)O1. The third kappa shape index (κ3) is 1.44. The molecule has 1 fully saturated rings. The summed E-state index contributed by atoms with van der Waals surface area (Å²) in [7, 11) is 1.89. The Bertz CT molecular complexity index is 98.2. The van der Waals surface area contributed by atoms with Gasteiger partial charge in [0.2, 0.25) is 0 Å². The maximum absolute atomic E-state index is 9.07. The quantitative estimate of drug-likeness (QED) is 0.407. The van der Waals surface area contributed by atoms with Gasteiger partial charge in [0.25, 0.3) is 0 Å². The standard InChI is InChI=1S/C5H11BO3/c6-5-1-3(8)4(2-7)9-5/h3-5,7-8H,1-2,6H2/t3?,4-,5-/m1/s1. The van der Waals surface area contributed by atoms with E-state index in [4.69, 9.17) is 14.9 Å². The lowest BCUT2D eigenvalue weighted by Crippen LogP contribution is -2.24. The third-order valence-corrected chi connectivity index (χ3v) is 1.59. The van der Waals surface area contributed by atoms with E-state index in [9.17, 15) is 0 Å². The van der Waals surface area contributed by atoms with E-state index < -0.39 is 6.10 Å². The van der Waals surface area contributed by atoms with Gasteiger partial charge in [0.05, 0.1) is 12.7 Å². The molecule has 0 aromatic carbocycles. The normalized spacial score (nSPS) is 43.6. The monoisotopic (exact) mass is 130 g/mol.